The van der Waals surface area contributed by atoms with Crippen molar-refractivity contribution in [3.63, 3.8) is 0 Å². The minimum Gasteiger partial charge on any atom is -0.493 e. The summed E-state index contributed by atoms with van der Waals surface area (Å²) < 4.78 is 25.2. The molecule has 9 heteroatoms. The molecular weight excluding hydrogens is 523 g/mol. The number of halogens is 1. The molecule has 2 aromatic carbocycles. The summed E-state index contributed by atoms with van der Waals surface area (Å²) in [6.07, 6.45) is 3.12. The van der Waals surface area contributed by atoms with Gasteiger partial charge in [0.05, 0.1) is 13.2 Å². The Morgan fingerprint density at radius 1 is 1.10 bits per heavy atom. The molecule has 2 amide bonds. The van der Waals surface area contributed by atoms with Gasteiger partial charge in [-0.25, -0.2) is 4.39 Å². The molecule has 2 N–H and O–H groups in total. The number of hydrogen-bond donors (Lipinski definition) is 2. The van der Waals surface area contributed by atoms with Crippen LogP contribution in [0.15, 0.2) is 63.8 Å². The molecule has 41 heavy (non-hydrogen) atoms. The highest BCUT2D eigenvalue weighted by atomic mass is 19.1. The third-order valence-corrected chi connectivity index (χ3v) is 8.50. The Bertz CT molecular complexity index is 1580. The van der Waals surface area contributed by atoms with E-state index < -0.39 is 23.7 Å². The van der Waals surface area contributed by atoms with Gasteiger partial charge in [-0.15, -0.1) is 0 Å². The fourth-order valence-electron chi connectivity index (χ4n) is 6.12. The van der Waals surface area contributed by atoms with Crippen LogP contribution in [0.25, 0.3) is 5.57 Å². The van der Waals surface area contributed by atoms with E-state index in [9.17, 15) is 14.0 Å². The number of carbonyl (C=O) groups is 2. The van der Waals surface area contributed by atoms with Crippen LogP contribution in [0.4, 0.5) is 10.1 Å². The largest absolute Gasteiger partial charge is 0.493 e. The number of nitrogens with one attached hydrogen (secondary N) is 2. The zero-order valence-electron chi connectivity index (χ0n) is 23.6. The number of carbonyl (C=O) groups excluding carboxylic acids is 2. The third kappa shape index (κ3) is 4.94. The van der Waals surface area contributed by atoms with E-state index in [0.717, 1.165) is 29.7 Å². The summed E-state index contributed by atoms with van der Waals surface area (Å²) in [5.41, 5.74) is 6.15. The molecule has 6 rings (SSSR count). The number of benzene rings is 2. The van der Waals surface area contributed by atoms with Crippen molar-refractivity contribution in [1.82, 2.24) is 10.5 Å². The van der Waals surface area contributed by atoms with Crippen molar-refractivity contribution >= 4 is 28.8 Å². The summed E-state index contributed by atoms with van der Waals surface area (Å²) in [5.74, 6) is -1.32. The zero-order valence-corrected chi connectivity index (χ0v) is 23.6. The van der Waals surface area contributed by atoms with E-state index in [1.54, 1.807) is 6.07 Å². The molecule has 2 atom stereocenters. The number of ether oxygens (including phenoxy) is 1. The van der Waals surface area contributed by atoms with Crippen LogP contribution >= 0.6 is 0 Å². The molecule has 0 radical (unpaired) electrons. The van der Waals surface area contributed by atoms with Crippen molar-refractivity contribution in [2.75, 3.05) is 18.5 Å². The van der Waals surface area contributed by atoms with Crippen LogP contribution in [-0.4, -0.2) is 41.9 Å². The van der Waals surface area contributed by atoms with Gasteiger partial charge >= 0.3 is 0 Å². The summed E-state index contributed by atoms with van der Waals surface area (Å²) >= 11 is 0. The number of aliphatic imine (C=N–C) groups is 1. The number of anilines is 1. The fourth-order valence-corrected chi connectivity index (χ4v) is 6.12. The average molecular weight is 557 g/mol. The van der Waals surface area contributed by atoms with E-state index in [2.05, 4.69) is 27.7 Å². The van der Waals surface area contributed by atoms with Crippen LogP contribution in [0, 0.1) is 11.2 Å². The lowest BCUT2D eigenvalue weighted by Crippen LogP contribution is -2.52. The Morgan fingerprint density at radius 2 is 1.85 bits per heavy atom. The minimum absolute atomic E-state index is 0.00153. The lowest BCUT2D eigenvalue weighted by atomic mass is 9.75. The van der Waals surface area contributed by atoms with Crippen molar-refractivity contribution in [3.05, 3.63) is 82.5 Å². The van der Waals surface area contributed by atoms with E-state index in [0.29, 0.717) is 35.7 Å². The maximum Gasteiger partial charge on any atom is 0.274 e. The molecule has 2 aliphatic heterocycles. The maximum atomic E-state index is 14.1. The lowest BCUT2D eigenvalue weighted by molar-refractivity contribution is -0.119. The molecule has 3 aromatic rings. The van der Waals surface area contributed by atoms with Gasteiger partial charge in [0.15, 0.2) is 5.69 Å². The van der Waals surface area contributed by atoms with E-state index in [1.165, 1.54) is 24.0 Å². The fraction of sp³-hybridized carbons (Fsp3) is 0.375. The van der Waals surface area contributed by atoms with Gasteiger partial charge < -0.3 is 19.9 Å². The summed E-state index contributed by atoms with van der Waals surface area (Å²) in [7, 11) is 0. The minimum atomic E-state index is -0.969. The smallest absolute Gasteiger partial charge is 0.274 e. The highest BCUT2D eigenvalue weighted by Gasteiger charge is 2.58. The van der Waals surface area contributed by atoms with E-state index >= 15 is 0 Å². The van der Waals surface area contributed by atoms with Gasteiger partial charge in [-0.3, -0.25) is 14.6 Å². The molecule has 1 saturated carbocycles. The summed E-state index contributed by atoms with van der Waals surface area (Å²) in [5, 5.41) is 9.93. The quantitative estimate of drug-likeness (QED) is 0.378. The molecule has 0 bridgehead atoms. The molecule has 3 heterocycles. The molecular formula is C32H33FN4O4. The number of fused-ring (bicyclic) bond motifs is 1. The third-order valence-electron chi connectivity index (χ3n) is 8.50. The average Bonchev–Trinajstić information content (AvgIpc) is 3.37. The van der Waals surface area contributed by atoms with Crippen molar-refractivity contribution in [1.29, 1.82) is 0 Å². The van der Waals surface area contributed by atoms with Crippen LogP contribution in [0.3, 0.4) is 0 Å². The van der Waals surface area contributed by atoms with Crippen LogP contribution in [0.2, 0.25) is 0 Å². The first-order valence-corrected chi connectivity index (χ1v) is 14.0. The number of allylic oxidation sites excluding steroid dienone is 1. The number of rotatable bonds is 7. The van der Waals surface area contributed by atoms with Crippen molar-refractivity contribution in [2.45, 2.75) is 58.4 Å². The highest BCUT2D eigenvalue weighted by Crippen LogP contribution is 2.61. The van der Waals surface area contributed by atoms with Gasteiger partial charge in [-0.2, -0.15) is 0 Å². The van der Waals surface area contributed by atoms with Crippen LogP contribution in [-0.2, 0) is 4.79 Å². The lowest BCUT2D eigenvalue weighted by Gasteiger charge is -2.38. The number of amides is 2. The zero-order chi connectivity index (χ0) is 28.9. The Hall–Kier alpha value is -4.27. The van der Waals surface area contributed by atoms with Gasteiger partial charge in [0.2, 0.25) is 5.91 Å². The Balaban J connectivity index is 1.33. The maximum absolute atomic E-state index is 14.1. The predicted molar refractivity (Wildman–Crippen MR) is 154 cm³/mol. The number of nitrogens with zero attached hydrogens (tertiary/aromatic N) is 2. The summed E-state index contributed by atoms with van der Waals surface area (Å²) in [6, 6.07) is 11.0. The highest BCUT2D eigenvalue weighted by molar-refractivity contribution is 6.25. The van der Waals surface area contributed by atoms with Gasteiger partial charge in [0, 0.05) is 45.5 Å². The molecule has 3 aliphatic rings. The van der Waals surface area contributed by atoms with Gasteiger partial charge in [-0.05, 0) is 61.9 Å². The molecule has 1 aliphatic carbocycles. The molecule has 1 aromatic heterocycles. The van der Waals surface area contributed by atoms with E-state index in [1.807, 2.05) is 45.0 Å². The Morgan fingerprint density at radius 3 is 2.51 bits per heavy atom. The second kappa shape index (κ2) is 10.3. The van der Waals surface area contributed by atoms with Crippen LogP contribution in [0.1, 0.15) is 79.6 Å². The molecule has 212 valence electrons. The summed E-state index contributed by atoms with van der Waals surface area (Å²) in [4.78, 5) is 32.1. The van der Waals surface area contributed by atoms with Gasteiger partial charge in [-0.1, -0.05) is 37.2 Å². The van der Waals surface area contributed by atoms with E-state index in [4.69, 9.17) is 9.26 Å². The molecule has 8 nitrogen and oxygen atoms in total. The Kier molecular flexibility index (Phi) is 6.76. The SMILES string of the molecule is CC1=NCC(C)=C1c1ccc(NC(=O)[C@@H](NC(=O)c2nocc2C(C)C)C2c3ccc(F)cc3OCC23CC3)cc1. The number of hydrogen-bond acceptors (Lipinski definition) is 6. The summed E-state index contributed by atoms with van der Waals surface area (Å²) in [6.45, 7) is 9.00. The first-order valence-electron chi connectivity index (χ1n) is 14.0. The van der Waals surface area contributed by atoms with Crippen LogP contribution < -0.4 is 15.4 Å². The molecule has 1 fully saturated rings. The monoisotopic (exact) mass is 556 g/mol. The molecule has 1 unspecified atom stereocenters. The molecule has 1 spiro atoms. The topological polar surface area (TPSA) is 106 Å². The Labute approximate surface area is 238 Å². The standard InChI is InChI=1S/C32H33FN4O4/c1-17(2)24-15-41-37-28(24)30(38)36-29(27-23-10-7-21(33)13-25(23)40-16-32(27)11-12-32)31(39)35-22-8-5-20(6-9-22)26-18(3)14-34-19(26)4/h5-10,13,15,17,27,29H,11-12,14,16H2,1-4H3,(H,35,39)(H,36,38)/t27?,29-/m0/s1. The van der Waals surface area contributed by atoms with Gasteiger partial charge in [0.25, 0.3) is 5.91 Å². The second-order valence-electron chi connectivity index (χ2n) is 11.7. The molecule has 0 saturated heterocycles. The van der Waals surface area contributed by atoms with Crippen LogP contribution in [0.5, 0.6) is 5.75 Å². The normalized spacial score (nSPS) is 19.5. The van der Waals surface area contributed by atoms with Gasteiger partial charge in [0.1, 0.15) is 23.9 Å². The van der Waals surface area contributed by atoms with Crippen molar-refractivity contribution < 1.29 is 23.2 Å². The van der Waals surface area contributed by atoms with E-state index in [-0.39, 0.29) is 22.9 Å². The first kappa shape index (κ1) is 26.9. The predicted octanol–water partition coefficient (Wildman–Crippen LogP) is 5.88. The first-order chi connectivity index (χ1) is 19.7. The second-order valence-corrected chi connectivity index (χ2v) is 11.7. The van der Waals surface area contributed by atoms with Crippen molar-refractivity contribution in [3.8, 4) is 5.75 Å². The number of aromatic nitrogens is 1. The van der Waals surface area contributed by atoms with Crippen molar-refractivity contribution in [2.24, 2.45) is 10.4 Å².